The molecule has 35 heavy (non-hydrogen) atoms. The molecule has 0 fully saturated rings. The second-order valence-electron chi connectivity index (χ2n) is 9.22. The fourth-order valence-electron chi connectivity index (χ4n) is 4.22. The van der Waals surface area contributed by atoms with Crippen molar-refractivity contribution in [2.75, 3.05) is 11.5 Å². The van der Waals surface area contributed by atoms with Gasteiger partial charge >= 0.3 is 0 Å². The zero-order valence-corrected chi connectivity index (χ0v) is 21.7. The fourth-order valence-corrected chi connectivity index (χ4v) is 5.73. The molecule has 4 aromatic rings. The van der Waals surface area contributed by atoms with Gasteiger partial charge < -0.3 is 9.88 Å². The van der Waals surface area contributed by atoms with Crippen LogP contribution in [0.2, 0.25) is 0 Å². The molecule has 0 aliphatic heterocycles. The van der Waals surface area contributed by atoms with Crippen LogP contribution in [0, 0.1) is 13.8 Å². The number of rotatable bonds is 9. The van der Waals surface area contributed by atoms with Crippen molar-refractivity contribution in [3.8, 4) is 11.1 Å². The normalized spacial score (nSPS) is 12.0. The molecule has 5 heteroatoms. The van der Waals surface area contributed by atoms with E-state index in [4.69, 9.17) is 0 Å². The summed E-state index contributed by atoms with van der Waals surface area (Å²) in [6.07, 6.45) is 4.76. The highest BCUT2D eigenvalue weighted by Crippen LogP contribution is 2.29. The van der Waals surface area contributed by atoms with Crippen molar-refractivity contribution in [3.63, 3.8) is 0 Å². The first-order valence-electron chi connectivity index (χ1n) is 12.3. The van der Waals surface area contributed by atoms with Crippen LogP contribution in [-0.4, -0.2) is 17.1 Å². The molecule has 180 valence electrons. The molecule has 1 unspecified atom stereocenters. The summed E-state index contributed by atoms with van der Waals surface area (Å²) in [5, 5.41) is 3.92. The predicted octanol–water partition coefficient (Wildman–Crippen LogP) is 8.02. The van der Waals surface area contributed by atoms with Gasteiger partial charge in [-0.05, 0) is 73.5 Å². The largest absolute Gasteiger partial charge is 0.326 e. The molecule has 1 atom stereocenters. The first kappa shape index (κ1) is 24.9. The smallest absolute Gasteiger partial charge is 0.257 e. The fraction of sp³-hybridized carbons (Fsp3) is 0.267. The van der Waals surface area contributed by atoms with E-state index >= 15 is 0 Å². The Labute approximate surface area is 208 Å². The molecule has 0 saturated heterocycles. The number of carbonyl (C=O) groups is 1. The summed E-state index contributed by atoms with van der Waals surface area (Å²) in [5.41, 5.74) is 7.35. The molecule has 0 saturated carbocycles. The minimum atomic E-state index is -1.59. The summed E-state index contributed by atoms with van der Waals surface area (Å²) in [7, 11) is -1.59. The Morgan fingerprint density at radius 1 is 0.886 bits per heavy atom. The second kappa shape index (κ2) is 11.5. The maximum Gasteiger partial charge on any atom is 0.257 e. The highest BCUT2D eigenvalue weighted by atomic mass is 31.1. The summed E-state index contributed by atoms with van der Waals surface area (Å²) in [6.45, 7) is 6.09. The van der Waals surface area contributed by atoms with Gasteiger partial charge in [-0.25, -0.2) is 0 Å². The van der Waals surface area contributed by atoms with Gasteiger partial charge in [0.05, 0.1) is 24.6 Å². The minimum absolute atomic E-state index is 0.182. The van der Waals surface area contributed by atoms with Crippen molar-refractivity contribution >= 4 is 30.3 Å². The molecular weight excluding hydrogens is 451 g/mol. The monoisotopic (exact) mass is 484 g/mol. The van der Waals surface area contributed by atoms with Crippen molar-refractivity contribution in [2.24, 2.45) is 0 Å². The van der Waals surface area contributed by atoms with Crippen LogP contribution in [0.25, 0.3) is 22.0 Å². The van der Waals surface area contributed by atoms with Crippen LogP contribution in [0.4, 0.5) is 5.69 Å². The number of unbranched alkanes of at least 4 members (excludes halogenated alkanes) is 2. The average molecular weight is 485 g/mol. The molecule has 0 spiro atoms. The quantitative estimate of drug-likeness (QED) is 0.193. The highest BCUT2D eigenvalue weighted by Gasteiger charge is 2.13. The van der Waals surface area contributed by atoms with E-state index < -0.39 is 7.80 Å². The molecule has 0 radical (unpaired) electrons. The lowest BCUT2D eigenvalue weighted by Crippen LogP contribution is -2.14. The van der Waals surface area contributed by atoms with Gasteiger partial charge in [0.15, 0.2) is 0 Å². The first-order chi connectivity index (χ1) is 16.9. The van der Waals surface area contributed by atoms with Crippen LogP contribution < -0.4 is 5.32 Å². The van der Waals surface area contributed by atoms with E-state index in [0.717, 1.165) is 58.7 Å². The molecule has 0 aliphatic carbocycles. The number of pyridine rings is 1. The number of hydrogen-bond acceptors (Lipinski definition) is 3. The lowest BCUT2D eigenvalue weighted by Gasteiger charge is -2.11. The first-order valence-corrected chi connectivity index (χ1v) is 14.2. The standard InChI is InChI=1S/C30H33N2O2P/c1-4-5-6-17-35(34)20-23-9-14-27(15-10-23)32-30(33)28-19-26-18-25(13-16-29(26)31-22(28)3)24-11-7-21(2)8-12-24/h7-16,18-19,35H,4-6,17,20H2,1-3H3,(H,32,33). The highest BCUT2D eigenvalue weighted by molar-refractivity contribution is 7.43. The van der Waals surface area contributed by atoms with E-state index in [0.29, 0.717) is 17.4 Å². The van der Waals surface area contributed by atoms with Crippen molar-refractivity contribution in [1.82, 2.24) is 4.98 Å². The van der Waals surface area contributed by atoms with E-state index in [2.05, 4.69) is 60.5 Å². The van der Waals surface area contributed by atoms with E-state index in [-0.39, 0.29) is 5.91 Å². The topological polar surface area (TPSA) is 59.1 Å². The Morgan fingerprint density at radius 3 is 2.31 bits per heavy atom. The number of amides is 1. The molecule has 3 aromatic carbocycles. The number of carbonyl (C=O) groups excluding carboxylic acids is 1. The van der Waals surface area contributed by atoms with Crippen molar-refractivity contribution in [3.05, 3.63) is 95.2 Å². The third kappa shape index (κ3) is 6.46. The maximum atomic E-state index is 13.1. The Kier molecular flexibility index (Phi) is 8.15. The van der Waals surface area contributed by atoms with Crippen LogP contribution in [0.15, 0.2) is 72.8 Å². The second-order valence-corrected chi connectivity index (χ2v) is 11.1. The maximum absolute atomic E-state index is 13.1. The molecule has 4 rings (SSSR count). The summed E-state index contributed by atoms with van der Waals surface area (Å²) in [6, 6.07) is 24.2. The van der Waals surface area contributed by atoms with Crippen LogP contribution in [0.5, 0.6) is 0 Å². The Bertz CT molecular complexity index is 1350. The van der Waals surface area contributed by atoms with Gasteiger partial charge in [-0.3, -0.25) is 9.78 Å². The number of benzene rings is 3. The Hall–Kier alpha value is -3.23. The lowest BCUT2D eigenvalue weighted by molar-refractivity contribution is 0.102. The van der Waals surface area contributed by atoms with Gasteiger partial charge in [0.2, 0.25) is 0 Å². The molecule has 0 bridgehead atoms. The number of nitrogens with zero attached hydrogens (tertiary/aromatic N) is 1. The third-order valence-corrected chi connectivity index (χ3v) is 8.02. The van der Waals surface area contributed by atoms with Crippen molar-refractivity contribution in [1.29, 1.82) is 0 Å². The number of hydrogen-bond donors (Lipinski definition) is 1. The van der Waals surface area contributed by atoms with Crippen LogP contribution >= 0.6 is 7.80 Å². The number of aryl methyl sites for hydroxylation is 2. The summed E-state index contributed by atoms with van der Waals surface area (Å²) in [4.78, 5) is 17.8. The Morgan fingerprint density at radius 2 is 1.60 bits per heavy atom. The van der Waals surface area contributed by atoms with Gasteiger partial charge in [-0.1, -0.05) is 67.8 Å². The molecule has 1 aromatic heterocycles. The molecule has 1 heterocycles. The number of nitrogens with one attached hydrogen (secondary N) is 1. The summed E-state index contributed by atoms with van der Waals surface area (Å²) >= 11 is 0. The van der Waals surface area contributed by atoms with Gasteiger partial charge in [0, 0.05) is 17.2 Å². The summed E-state index contributed by atoms with van der Waals surface area (Å²) in [5.74, 6) is -0.182. The van der Waals surface area contributed by atoms with Crippen LogP contribution in [0.3, 0.4) is 0 Å². The molecular formula is C30H33N2O2P. The van der Waals surface area contributed by atoms with Crippen molar-refractivity contribution < 1.29 is 9.36 Å². The van der Waals surface area contributed by atoms with E-state index in [9.17, 15) is 9.36 Å². The van der Waals surface area contributed by atoms with Crippen LogP contribution in [-0.2, 0) is 10.7 Å². The average Bonchev–Trinajstić information content (AvgIpc) is 2.85. The zero-order valence-electron chi connectivity index (χ0n) is 20.7. The van der Waals surface area contributed by atoms with Crippen LogP contribution in [0.1, 0.15) is 53.4 Å². The van der Waals surface area contributed by atoms with E-state index in [1.54, 1.807) is 0 Å². The van der Waals surface area contributed by atoms with Gasteiger partial charge in [0.1, 0.15) is 0 Å². The third-order valence-electron chi connectivity index (χ3n) is 6.31. The van der Waals surface area contributed by atoms with Crippen molar-refractivity contribution in [2.45, 2.75) is 46.2 Å². The molecule has 1 amide bonds. The minimum Gasteiger partial charge on any atom is -0.326 e. The molecule has 1 N–H and O–H groups in total. The van der Waals surface area contributed by atoms with E-state index in [1.807, 2.05) is 43.3 Å². The lowest BCUT2D eigenvalue weighted by atomic mass is 10.0. The van der Waals surface area contributed by atoms with Gasteiger partial charge in [-0.15, -0.1) is 0 Å². The molecule has 0 aliphatic rings. The number of anilines is 1. The van der Waals surface area contributed by atoms with E-state index in [1.165, 1.54) is 5.56 Å². The molecule has 4 nitrogen and oxygen atoms in total. The van der Waals surface area contributed by atoms with Gasteiger partial charge in [-0.2, -0.15) is 0 Å². The zero-order chi connectivity index (χ0) is 24.8. The summed E-state index contributed by atoms with van der Waals surface area (Å²) < 4.78 is 12.3. The van der Waals surface area contributed by atoms with Gasteiger partial charge in [0.25, 0.3) is 5.91 Å². The number of aromatic nitrogens is 1. The SMILES string of the molecule is CCCCC[PH](=O)Cc1ccc(NC(=O)c2cc3cc(-c4ccc(C)cc4)ccc3nc2C)cc1. The number of fused-ring (bicyclic) bond motifs is 1. The Balaban J connectivity index is 1.48. The predicted molar refractivity (Wildman–Crippen MR) is 148 cm³/mol.